The summed E-state index contributed by atoms with van der Waals surface area (Å²) in [6, 6.07) is 19.6. The van der Waals surface area contributed by atoms with Gasteiger partial charge in [-0.2, -0.15) is 0 Å². The topological polar surface area (TPSA) is 159 Å². The summed E-state index contributed by atoms with van der Waals surface area (Å²) < 4.78 is 12.1. The van der Waals surface area contributed by atoms with E-state index in [1.807, 2.05) is 68.4 Å². The van der Waals surface area contributed by atoms with E-state index in [4.69, 9.17) is 9.47 Å². The van der Waals surface area contributed by atoms with E-state index in [0.29, 0.717) is 24.3 Å². The normalized spacial score (nSPS) is 21.5. The number of thiazole rings is 1. The third-order valence-electron chi connectivity index (χ3n) is 9.66. The number of carbonyl (C=O) groups excluding carboxylic acids is 5. The van der Waals surface area contributed by atoms with E-state index >= 15 is 0 Å². The maximum atomic E-state index is 14.3. The molecule has 14 heteroatoms. The number of likely N-dealkylation sites (tertiary alicyclic amines) is 1. The van der Waals surface area contributed by atoms with Gasteiger partial charge in [0.2, 0.25) is 17.7 Å². The Morgan fingerprint density at radius 2 is 1.74 bits per heavy atom. The van der Waals surface area contributed by atoms with Crippen molar-refractivity contribution < 1.29 is 33.4 Å². The molecular formula is C40H46N6O7S. The van der Waals surface area contributed by atoms with Crippen LogP contribution in [0.25, 0.3) is 10.2 Å². The Kier molecular flexibility index (Phi) is 12.6. The van der Waals surface area contributed by atoms with Crippen molar-refractivity contribution in [1.29, 1.82) is 0 Å². The van der Waals surface area contributed by atoms with Gasteiger partial charge in [0.15, 0.2) is 6.61 Å². The summed E-state index contributed by atoms with van der Waals surface area (Å²) in [7, 11) is 1.50. The molecule has 6 rings (SSSR count). The minimum Gasteiger partial charge on any atom is -0.484 e. The van der Waals surface area contributed by atoms with Gasteiger partial charge < -0.3 is 35.2 Å². The Hall–Kier alpha value is -5.34. The number of carbonyl (C=O) groups is 5. The molecule has 0 unspecified atom stereocenters. The molecule has 4 atom stereocenters. The maximum Gasteiger partial charge on any atom is 0.258 e. The van der Waals surface area contributed by atoms with Crippen LogP contribution in [0.3, 0.4) is 0 Å². The Labute approximate surface area is 318 Å². The van der Waals surface area contributed by atoms with E-state index in [1.54, 1.807) is 28.6 Å². The number of fused-ring (bicyclic) bond motifs is 5. The van der Waals surface area contributed by atoms with Gasteiger partial charge in [0.05, 0.1) is 34.9 Å². The number of rotatable bonds is 8. The lowest BCUT2D eigenvalue weighted by molar-refractivity contribution is -0.141. The first-order valence-electron chi connectivity index (χ1n) is 18.1. The standard InChI is InChI=1S/C40H46N6O7S/c1-25(2)16-33-40(51)45(14-15-52-3)22-36(47)42-32(17-26-8-5-4-6-9-26)38(49)44-34-21-46(39(50)28-12-13-31-35(19-28)54-24-41-31)20-30(34)27-10-7-11-29(18-27)53-23-37(48)43-33/h4-13,18-19,24-25,30,32-34H,14-17,20-23H2,1-3H3,(H,42,47)(H,43,48)(H,44,49)/t30-,32+,33-,34+/m1/s1. The molecule has 0 saturated carbocycles. The summed E-state index contributed by atoms with van der Waals surface area (Å²) in [6.45, 7) is 3.95. The molecule has 1 aromatic heterocycles. The van der Waals surface area contributed by atoms with Gasteiger partial charge in [0, 0.05) is 44.6 Å². The number of methoxy groups -OCH3 is 1. The molecule has 13 nitrogen and oxygen atoms in total. The first-order chi connectivity index (χ1) is 26.1. The van der Waals surface area contributed by atoms with E-state index in [1.165, 1.54) is 23.3 Å². The van der Waals surface area contributed by atoms with Crippen LogP contribution in [0.15, 0.2) is 78.3 Å². The zero-order valence-electron chi connectivity index (χ0n) is 30.7. The summed E-state index contributed by atoms with van der Waals surface area (Å²) in [6.07, 6.45) is 0.523. The van der Waals surface area contributed by atoms with E-state index in [0.717, 1.165) is 21.3 Å². The van der Waals surface area contributed by atoms with Crippen LogP contribution in [0.4, 0.5) is 0 Å². The Balaban J connectivity index is 1.34. The van der Waals surface area contributed by atoms with Crippen molar-refractivity contribution in [2.45, 2.75) is 50.7 Å². The molecule has 0 radical (unpaired) electrons. The SMILES string of the molecule is COCCN1CC(=O)N[C@@H](Cc2ccccc2)C(=O)N[C@H]2CN(C(=O)c3ccc4ncsc4c3)C[C@@H]2c2cccc(c2)OCC(=O)N[C@H](CC(C)C)C1=O. The van der Waals surface area contributed by atoms with Crippen molar-refractivity contribution >= 4 is 51.1 Å². The molecule has 3 N–H and O–H groups in total. The van der Waals surface area contributed by atoms with Gasteiger partial charge in [0.25, 0.3) is 11.8 Å². The van der Waals surface area contributed by atoms with Gasteiger partial charge in [-0.25, -0.2) is 4.98 Å². The molecule has 3 heterocycles. The van der Waals surface area contributed by atoms with Crippen LogP contribution >= 0.6 is 11.3 Å². The van der Waals surface area contributed by atoms with Crippen LogP contribution in [-0.4, -0.2) is 109 Å². The van der Waals surface area contributed by atoms with Gasteiger partial charge >= 0.3 is 0 Å². The highest BCUT2D eigenvalue weighted by molar-refractivity contribution is 7.16. The molecule has 2 aliphatic heterocycles. The van der Waals surface area contributed by atoms with Crippen molar-refractivity contribution in [3.63, 3.8) is 0 Å². The van der Waals surface area contributed by atoms with Gasteiger partial charge in [0.1, 0.15) is 17.8 Å². The molecule has 3 aromatic carbocycles. The molecule has 54 heavy (non-hydrogen) atoms. The minimum absolute atomic E-state index is 0.0492. The van der Waals surface area contributed by atoms with Crippen LogP contribution in [0, 0.1) is 5.92 Å². The van der Waals surface area contributed by atoms with E-state index in [-0.39, 0.29) is 57.0 Å². The summed E-state index contributed by atoms with van der Waals surface area (Å²) in [5.41, 5.74) is 4.70. The van der Waals surface area contributed by atoms with Crippen LogP contribution in [0.1, 0.15) is 47.7 Å². The van der Waals surface area contributed by atoms with Gasteiger partial charge in [-0.3, -0.25) is 24.0 Å². The number of ether oxygens (including phenoxy) is 2. The second kappa shape index (κ2) is 17.7. The first-order valence-corrected chi connectivity index (χ1v) is 19.0. The largest absolute Gasteiger partial charge is 0.484 e. The fraction of sp³-hybridized carbons (Fsp3) is 0.400. The molecule has 4 aromatic rings. The summed E-state index contributed by atoms with van der Waals surface area (Å²) >= 11 is 1.46. The number of nitrogens with one attached hydrogen (secondary N) is 3. The molecule has 284 valence electrons. The fourth-order valence-corrected chi connectivity index (χ4v) is 7.70. The molecule has 1 fully saturated rings. The third-order valence-corrected chi connectivity index (χ3v) is 10.4. The molecule has 0 spiro atoms. The number of hydrogen-bond acceptors (Lipinski definition) is 9. The van der Waals surface area contributed by atoms with Crippen molar-refractivity contribution in [3.05, 3.63) is 95.0 Å². The lowest BCUT2D eigenvalue weighted by Crippen LogP contribution is -2.56. The number of amides is 5. The lowest BCUT2D eigenvalue weighted by atomic mass is 9.93. The van der Waals surface area contributed by atoms with Crippen molar-refractivity contribution in [1.82, 2.24) is 30.7 Å². The second-order valence-corrected chi connectivity index (χ2v) is 15.0. The van der Waals surface area contributed by atoms with Crippen molar-refractivity contribution in [2.24, 2.45) is 5.92 Å². The average molecular weight is 755 g/mol. The third kappa shape index (κ3) is 9.60. The number of hydrogen-bond donors (Lipinski definition) is 3. The predicted octanol–water partition coefficient (Wildman–Crippen LogP) is 3.15. The Morgan fingerprint density at radius 3 is 2.52 bits per heavy atom. The summed E-state index contributed by atoms with van der Waals surface area (Å²) in [5.74, 6) is -1.93. The van der Waals surface area contributed by atoms with Crippen LogP contribution in [0.2, 0.25) is 0 Å². The highest BCUT2D eigenvalue weighted by atomic mass is 32.1. The Bertz CT molecular complexity index is 1970. The van der Waals surface area contributed by atoms with Gasteiger partial charge in [-0.15, -0.1) is 11.3 Å². The molecule has 0 aliphatic carbocycles. The molecule has 2 bridgehead atoms. The molecule has 5 amide bonds. The quantitative estimate of drug-likeness (QED) is 0.248. The van der Waals surface area contributed by atoms with Crippen molar-refractivity contribution in [2.75, 3.05) is 46.5 Å². The molecule has 1 saturated heterocycles. The first kappa shape index (κ1) is 38.4. The zero-order valence-corrected chi connectivity index (χ0v) is 31.5. The van der Waals surface area contributed by atoms with Gasteiger partial charge in [-0.05, 0) is 53.8 Å². The maximum absolute atomic E-state index is 14.3. The van der Waals surface area contributed by atoms with Crippen LogP contribution in [-0.2, 0) is 30.3 Å². The predicted molar refractivity (Wildman–Crippen MR) is 204 cm³/mol. The minimum atomic E-state index is -1.00. The zero-order chi connectivity index (χ0) is 38.2. The Morgan fingerprint density at radius 1 is 0.944 bits per heavy atom. The number of benzene rings is 3. The van der Waals surface area contributed by atoms with E-state index in [2.05, 4.69) is 20.9 Å². The average Bonchev–Trinajstić information content (AvgIpc) is 3.81. The highest BCUT2D eigenvalue weighted by Gasteiger charge is 2.39. The monoisotopic (exact) mass is 754 g/mol. The van der Waals surface area contributed by atoms with Crippen LogP contribution in [0.5, 0.6) is 5.75 Å². The number of nitrogens with zero attached hydrogens (tertiary/aromatic N) is 3. The van der Waals surface area contributed by atoms with E-state index < -0.39 is 41.8 Å². The number of aromatic nitrogens is 1. The molecular weight excluding hydrogens is 709 g/mol. The second-order valence-electron chi connectivity index (χ2n) is 14.1. The highest BCUT2D eigenvalue weighted by Crippen LogP contribution is 2.32. The van der Waals surface area contributed by atoms with Crippen molar-refractivity contribution in [3.8, 4) is 5.75 Å². The summed E-state index contributed by atoms with van der Waals surface area (Å²) in [4.78, 5) is 76.6. The van der Waals surface area contributed by atoms with Gasteiger partial charge in [-0.1, -0.05) is 56.3 Å². The lowest BCUT2D eigenvalue weighted by Gasteiger charge is -2.29. The van der Waals surface area contributed by atoms with Crippen LogP contribution < -0.4 is 20.7 Å². The van der Waals surface area contributed by atoms with E-state index in [9.17, 15) is 24.0 Å². The fourth-order valence-electron chi connectivity index (χ4n) is 6.98. The smallest absolute Gasteiger partial charge is 0.258 e. The summed E-state index contributed by atoms with van der Waals surface area (Å²) in [5, 5.41) is 8.89. The molecule has 2 aliphatic rings.